The molecule has 1 saturated heterocycles. The first-order chi connectivity index (χ1) is 9.04. The van der Waals surface area contributed by atoms with Crippen LogP contribution in [0, 0.1) is 18.3 Å². The van der Waals surface area contributed by atoms with Gasteiger partial charge in [0.1, 0.15) is 6.54 Å². The molecule has 1 aliphatic rings. The van der Waals surface area contributed by atoms with E-state index in [1.165, 1.54) is 9.80 Å². The predicted octanol–water partition coefficient (Wildman–Crippen LogP) is 1.35. The minimum Gasteiger partial charge on any atom is -0.319 e. The van der Waals surface area contributed by atoms with Crippen molar-refractivity contribution in [3.8, 4) is 6.07 Å². The van der Waals surface area contributed by atoms with Crippen molar-refractivity contribution in [3.63, 3.8) is 0 Å². The van der Waals surface area contributed by atoms with Gasteiger partial charge in [-0.15, -0.1) is 0 Å². The van der Waals surface area contributed by atoms with Crippen molar-refractivity contribution >= 4 is 29.1 Å². The van der Waals surface area contributed by atoms with Crippen molar-refractivity contribution in [2.75, 3.05) is 24.5 Å². The van der Waals surface area contributed by atoms with Crippen LogP contribution in [0.2, 0.25) is 5.02 Å². The van der Waals surface area contributed by atoms with Crippen LogP contribution in [0.15, 0.2) is 18.2 Å². The quantitative estimate of drug-likeness (QED) is 0.605. The zero-order valence-electron chi connectivity index (χ0n) is 10.4. The summed E-state index contributed by atoms with van der Waals surface area (Å²) in [6, 6.07) is 7.08. The number of anilines is 1. The summed E-state index contributed by atoms with van der Waals surface area (Å²) in [5.41, 5.74) is 1.52. The van der Waals surface area contributed by atoms with Crippen molar-refractivity contribution in [2.45, 2.75) is 6.92 Å². The summed E-state index contributed by atoms with van der Waals surface area (Å²) >= 11 is 5.92. The molecule has 0 radical (unpaired) electrons. The van der Waals surface area contributed by atoms with Crippen LogP contribution in [0.1, 0.15) is 5.56 Å². The second-order valence-corrected chi connectivity index (χ2v) is 4.71. The van der Waals surface area contributed by atoms with Gasteiger partial charge in [0.15, 0.2) is 0 Å². The van der Waals surface area contributed by atoms with Gasteiger partial charge in [0, 0.05) is 23.8 Å². The molecule has 98 valence electrons. The summed E-state index contributed by atoms with van der Waals surface area (Å²) in [7, 11) is 0. The number of amides is 2. The first-order valence-corrected chi connectivity index (χ1v) is 6.16. The van der Waals surface area contributed by atoms with Crippen LogP contribution < -0.4 is 4.90 Å². The van der Waals surface area contributed by atoms with Gasteiger partial charge in [-0.1, -0.05) is 17.7 Å². The fourth-order valence-electron chi connectivity index (χ4n) is 2.01. The van der Waals surface area contributed by atoms with Gasteiger partial charge in [0.05, 0.1) is 6.07 Å². The number of aryl methyl sites for hydroxylation is 1. The standard InChI is InChI=1S/C13H12ClN3O2/c1-9-2-3-10(14)8-11(9)17-7-6-16(5-4-15)12(18)13(17)19/h2-3,8H,5-7H2,1H3. The molecule has 1 fully saturated rings. The van der Waals surface area contributed by atoms with E-state index in [9.17, 15) is 9.59 Å². The molecule has 19 heavy (non-hydrogen) atoms. The molecule has 0 bridgehead atoms. The molecule has 0 spiro atoms. The summed E-state index contributed by atoms with van der Waals surface area (Å²) in [6.07, 6.45) is 0. The number of hydrogen-bond acceptors (Lipinski definition) is 3. The lowest BCUT2D eigenvalue weighted by molar-refractivity contribution is -0.145. The molecule has 6 heteroatoms. The van der Waals surface area contributed by atoms with E-state index in [2.05, 4.69) is 0 Å². The Balaban J connectivity index is 2.29. The largest absolute Gasteiger partial charge is 0.319 e. The lowest BCUT2D eigenvalue weighted by Crippen LogP contribution is -2.54. The Labute approximate surface area is 116 Å². The third-order valence-electron chi connectivity index (χ3n) is 3.03. The van der Waals surface area contributed by atoms with Crippen molar-refractivity contribution in [1.29, 1.82) is 5.26 Å². The number of halogens is 1. The van der Waals surface area contributed by atoms with Crippen LogP contribution in [-0.2, 0) is 9.59 Å². The molecule has 0 N–H and O–H groups in total. The van der Waals surface area contributed by atoms with E-state index in [0.717, 1.165) is 5.56 Å². The highest BCUT2D eigenvalue weighted by molar-refractivity contribution is 6.41. The van der Waals surface area contributed by atoms with Crippen molar-refractivity contribution < 1.29 is 9.59 Å². The maximum Gasteiger partial charge on any atom is 0.316 e. The van der Waals surface area contributed by atoms with Crippen molar-refractivity contribution in [2.24, 2.45) is 0 Å². The Morgan fingerprint density at radius 2 is 2.05 bits per heavy atom. The lowest BCUT2D eigenvalue weighted by atomic mass is 10.1. The molecular formula is C13H12ClN3O2. The molecule has 1 aliphatic heterocycles. The number of carbonyl (C=O) groups is 2. The molecule has 2 rings (SSSR count). The molecule has 2 amide bonds. The highest BCUT2D eigenvalue weighted by Gasteiger charge is 2.33. The zero-order valence-corrected chi connectivity index (χ0v) is 11.1. The average molecular weight is 278 g/mol. The maximum atomic E-state index is 12.1. The summed E-state index contributed by atoms with van der Waals surface area (Å²) in [5, 5.41) is 9.11. The molecule has 1 heterocycles. The number of hydrogen-bond donors (Lipinski definition) is 0. The Morgan fingerprint density at radius 3 is 2.74 bits per heavy atom. The Morgan fingerprint density at radius 1 is 1.32 bits per heavy atom. The highest BCUT2D eigenvalue weighted by Crippen LogP contribution is 2.25. The van der Waals surface area contributed by atoms with Crippen LogP contribution >= 0.6 is 11.6 Å². The average Bonchev–Trinajstić information content (AvgIpc) is 2.39. The SMILES string of the molecule is Cc1ccc(Cl)cc1N1CCN(CC#N)C(=O)C1=O. The van der Waals surface area contributed by atoms with E-state index in [-0.39, 0.29) is 6.54 Å². The molecular weight excluding hydrogens is 266 g/mol. The van der Waals surface area contributed by atoms with Gasteiger partial charge in [0.25, 0.3) is 0 Å². The Kier molecular flexibility index (Phi) is 3.72. The van der Waals surface area contributed by atoms with E-state index in [0.29, 0.717) is 23.8 Å². The summed E-state index contributed by atoms with van der Waals surface area (Å²) in [6.45, 7) is 2.51. The lowest BCUT2D eigenvalue weighted by Gasteiger charge is -2.33. The second kappa shape index (κ2) is 5.29. The van der Waals surface area contributed by atoms with E-state index >= 15 is 0 Å². The Hall–Kier alpha value is -2.06. The number of nitriles is 1. The molecule has 1 aromatic carbocycles. The molecule has 0 aliphatic carbocycles. The smallest absolute Gasteiger partial charge is 0.316 e. The van der Waals surface area contributed by atoms with Gasteiger partial charge in [-0.05, 0) is 24.6 Å². The molecule has 0 atom stereocenters. The Bertz CT molecular complexity index is 580. The van der Waals surface area contributed by atoms with E-state index in [1.54, 1.807) is 18.2 Å². The third-order valence-corrected chi connectivity index (χ3v) is 3.27. The van der Waals surface area contributed by atoms with Gasteiger partial charge >= 0.3 is 11.8 Å². The highest BCUT2D eigenvalue weighted by atomic mass is 35.5. The minimum atomic E-state index is -0.646. The topological polar surface area (TPSA) is 64.4 Å². The number of carbonyl (C=O) groups excluding carboxylic acids is 2. The van der Waals surface area contributed by atoms with Crippen molar-refractivity contribution in [3.05, 3.63) is 28.8 Å². The zero-order chi connectivity index (χ0) is 14.0. The number of nitrogens with zero attached hydrogens (tertiary/aromatic N) is 3. The molecule has 0 unspecified atom stereocenters. The van der Waals surface area contributed by atoms with Gasteiger partial charge < -0.3 is 9.80 Å². The number of benzene rings is 1. The molecule has 0 saturated carbocycles. The maximum absolute atomic E-state index is 12.1. The van der Waals surface area contributed by atoms with E-state index in [1.807, 2.05) is 13.0 Å². The fourth-order valence-corrected chi connectivity index (χ4v) is 2.18. The first kappa shape index (κ1) is 13.4. The third kappa shape index (κ3) is 2.54. The molecule has 5 nitrogen and oxygen atoms in total. The molecule has 0 aromatic heterocycles. The summed E-state index contributed by atoms with van der Waals surface area (Å²) < 4.78 is 0. The molecule has 1 aromatic rings. The van der Waals surface area contributed by atoms with Gasteiger partial charge in [-0.25, -0.2) is 0 Å². The summed E-state index contributed by atoms with van der Waals surface area (Å²) in [5.74, 6) is -1.26. The van der Waals surface area contributed by atoms with Gasteiger partial charge in [-0.3, -0.25) is 9.59 Å². The normalized spacial score (nSPS) is 15.6. The van der Waals surface area contributed by atoms with Gasteiger partial charge in [-0.2, -0.15) is 5.26 Å². The first-order valence-electron chi connectivity index (χ1n) is 5.78. The van der Waals surface area contributed by atoms with E-state index in [4.69, 9.17) is 16.9 Å². The van der Waals surface area contributed by atoms with Crippen LogP contribution in [0.4, 0.5) is 5.69 Å². The number of piperazine rings is 1. The minimum absolute atomic E-state index is 0.0626. The fraction of sp³-hybridized carbons (Fsp3) is 0.308. The van der Waals surface area contributed by atoms with Crippen molar-refractivity contribution in [1.82, 2.24) is 4.90 Å². The number of rotatable bonds is 2. The second-order valence-electron chi connectivity index (χ2n) is 4.27. The summed E-state index contributed by atoms with van der Waals surface area (Å²) in [4.78, 5) is 26.6. The monoisotopic (exact) mass is 277 g/mol. The van der Waals surface area contributed by atoms with Crippen LogP contribution in [-0.4, -0.2) is 36.3 Å². The van der Waals surface area contributed by atoms with E-state index < -0.39 is 11.8 Å². The van der Waals surface area contributed by atoms with Gasteiger partial charge in [0.2, 0.25) is 0 Å². The predicted molar refractivity (Wildman–Crippen MR) is 70.7 cm³/mol. The van der Waals surface area contributed by atoms with Crippen LogP contribution in [0.5, 0.6) is 0 Å². The van der Waals surface area contributed by atoms with Crippen LogP contribution in [0.3, 0.4) is 0 Å². The van der Waals surface area contributed by atoms with Crippen LogP contribution in [0.25, 0.3) is 0 Å².